The molecule has 2 N–H and O–H groups in total. The quantitative estimate of drug-likeness (QED) is 0.393. The standard InChI is InChI=1S/C17H25N5O2.HI/c1-18-17(19-12-14-7-11-24-21-14)20-13-15(16-6-5-10-23-16)22-8-3-2-4-9-22;/h5-7,10-11,15H,2-4,8-9,12-13H2,1H3,(H2,18,19,20);1H. The van der Waals surface area contributed by atoms with Crippen LogP contribution in [0, 0.1) is 0 Å². The van der Waals surface area contributed by atoms with Crippen LogP contribution in [0.1, 0.15) is 36.8 Å². The first kappa shape index (κ1) is 19.8. The van der Waals surface area contributed by atoms with Crippen LogP contribution < -0.4 is 10.6 Å². The van der Waals surface area contributed by atoms with E-state index in [1.807, 2.05) is 18.2 Å². The van der Waals surface area contributed by atoms with E-state index < -0.39 is 0 Å². The number of furan rings is 1. The number of rotatable bonds is 6. The second-order valence-electron chi connectivity index (χ2n) is 5.93. The van der Waals surface area contributed by atoms with E-state index >= 15 is 0 Å². The van der Waals surface area contributed by atoms with Crippen molar-refractivity contribution in [1.29, 1.82) is 0 Å². The Balaban J connectivity index is 0.00000225. The molecule has 0 spiro atoms. The Morgan fingerprint density at radius 1 is 1.24 bits per heavy atom. The number of halogens is 1. The fraction of sp³-hybridized carbons (Fsp3) is 0.529. The Morgan fingerprint density at radius 3 is 2.72 bits per heavy atom. The molecule has 2 aromatic rings. The number of likely N-dealkylation sites (tertiary alicyclic amines) is 1. The summed E-state index contributed by atoms with van der Waals surface area (Å²) in [5, 5.41) is 10.5. The summed E-state index contributed by atoms with van der Waals surface area (Å²) in [7, 11) is 1.76. The van der Waals surface area contributed by atoms with Crippen LogP contribution >= 0.6 is 24.0 Å². The minimum atomic E-state index is 0. The second-order valence-corrected chi connectivity index (χ2v) is 5.93. The van der Waals surface area contributed by atoms with Crippen molar-refractivity contribution in [2.24, 2.45) is 4.99 Å². The van der Waals surface area contributed by atoms with Crippen LogP contribution in [-0.4, -0.2) is 42.7 Å². The molecule has 7 nitrogen and oxygen atoms in total. The molecule has 2 aromatic heterocycles. The van der Waals surface area contributed by atoms with Crippen LogP contribution in [0.4, 0.5) is 0 Å². The van der Waals surface area contributed by atoms with Gasteiger partial charge in [-0.25, -0.2) is 0 Å². The molecule has 1 atom stereocenters. The number of nitrogens with one attached hydrogen (secondary N) is 2. The summed E-state index contributed by atoms with van der Waals surface area (Å²) in [4.78, 5) is 6.76. The maximum absolute atomic E-state index is 5.67. The molecule has 1 aliphatic rings. The van der Waals surface area contributed by atoms with E-state index in [4.69, 9.17) is 8.94 Å². The number of aromatic nitrogens is 1. The normalized spacial score (nSPS) is 16.9. The van der Waals surface area contributed by atoms with E-state index in [-0.39, 0.29) is 30.0 Å². The molecule has 0 saturated carbocycles. The number of guanidine groups is 1. The summed E-state index contributed by atoms with van der Waals surface area (Å²) in [6.07, 6.45) is 7.11. The van der Waals surface area contributed by atoms with E-state index in [1.54, 1.807) is 19.6 Å². The molecule has 0 aromatic carbocycles. The molecule has 1 saturated heterocycles. The van der Waals surface area contributed by atoms with Gasteiger partial charge in [-0.1, -0.05) is 11.6 Å². The third kappa shape index (κ3) is 5.74. The van der Waals surface area contributed by atoms with Crippen LogP contribution in [0.25, 0.3) is 0 Å². The van der Waals surface area contributed by atoms with Crippen LogP contribution in [-0.2, 0) is 6.54 Å². The van der Waals surface area contributed by atoms with Crippen molar-refractivity contribution in [2.75, 3.05) is 26.7 Å². The topological polar surface area (TPSA) is 78.8 Å². The van der Waals surface area contributed by atoms with Gasteiger partial charge in [-0.15, -0.1) is 24.0 Å². The molecule has 1 aliphatic heterocycles. The minimum absolute atomic E-state index is 0. The molecule has 8 heteroatoms. The van der Waals surface area contributed by atoms with Gasteiger partial charge in [0, 0.05) is 19.7 Å². The van der Waals surface area contributed by atoms with Crippen molar-refractivity contribution in [1.82, 2.24) is 20.7 Å². The Morgan fingerprint density at radius 2 is 2.08 bits per heavy atom. The second kappa shape index (κ2) is 10.4. The average Bonchev–Trinajstić information content (AvgIpc) is 3.32. The fourth-order valence-corrected chi connectivity index (χ4v) is 3.04. The van der Waals surface area contributed by atoms with Crippen molar-refractivity contribution in [2.45, 2.75) is 31.8 Å². The van der Waals surface area contributed by atoms with Crippen LogP contribution in [0.2, 0.25) is 0 Å². The summed E-state index contributed by atoms with van der Waals surface area (Å²) in [6, 6.07) is 6.04. The first-order valence-electron chi connectivity index (χ1n) is 8.48. The van der Waals surface area contributed by atoms with E-state index in [1.165, 1.54) is 19.3 Å². The molecule has 0 amide bonds. The van der Waals surface area contributed by atoms with E-state index in [2.05, 4.69) is 25.7 Å². The maximum atomic E-state index is 5.67. The summed E-state index contributed by atoms with van der Waals surface area (Å²) in [6.45, 7) is 3.54. The zero-order valence-corrected chi connectivity index (χ0v) is 16.8. The van der Waals surface area contributed by atoms with Crippen LogP contribution in [0.5, 0.6) is 0 Å². The van der Waals surface area contributed by atoms with Gasteiger partial charge in [-0.2, -0.15) is 0 Å². The largest absolute Gasteiger partial charge is 0.468 e. The Hall–Kier alpha value is -1.55. The third-order valence-corrected chi connectivity index (χ3v) is 4.32. The van der Waals surface area contributed by atoms with E-state index in [0.29, 0.717) is 6.54 Å². The first-order valence-corrected chi connectivity index (χ1v) is 8.48. The van der Waals surface area contributed by atoms with Gasteiger partial charge in [0.1, 0.15) is 17.7 Å². The highest BCUT2D eigenvalue weighted by Crippen LogP contribution is 2.24. The highest BCUT2D eigenvalue weighted by atomic mass is 127. The predicted molar refractivity (Wildman–Crippen MR) is 107 cm³/mol. The number of hydrogen-bond acceptors (Lipinski definition) is 5. The number of piperidine rings is 1. The zero-order valence-electron chi connectivity index (χ0n) is 14.5. The highest BCUT2D eigenvalue weighted by Gasteiger charge is 2.24. The summed E-state index contributed by atoms with van der Waals surface area (Å²) in [5.74, 6) is 1.74. The molecular formula is C17H26IN5O2. The number of hydrogen-bond donors (Lipinski definition) is 2. The lowest BCUT2D eigenvalue weighted by molar-refractivity contribution is 0.146. The molecule has 0 bridgehead atoms. The number of aliphatic imine (C=N–C) groups is 1. The minimum Gasteiger partial charge on any atom is -0.468 e. The Labute approximate surface area is 165 Å². The fourth-order valence-electron chi connectivity index (χ4n) is 3.04. The van der Waals surface area contributed by atoms with Crippen molar-refractivity contribution in [3.63, 3.8) is 0 Å². The van der Waals surface area contributed by atoms with Gasteiger partial charge in [-0.05, 0) is 38.1 Å². The van der Waals surface area contributed by atoms with Crippen molar-refractivity contribution in [3.05, 3.63) is 42.2 Å². The zero-order chi connectivity index (χ0) is 16.6. The first-order chi connectivity index (χ1) is 11.9. The summed E-state index contributed by atoms with van der Waals surface area (Å²) in [5.41, 5.74) is 0.844. The Kier molecular flexibility index (Phi) is 8.26. The molecule has 3 heterocycles. The smallest absolute Gasteiger partial charge is 0.191 e. The summed E-state index contributed by atoms with van der Waals surface area (Å²) >= 11 is 0. The van der Waals surface area contributed by atoms with Gasteiger partial charge in [0.05, 0.1) is 18.8 Å². The van der Waals surface area contributed by atoms with Crippen molar-refractivity contribution < 1.29 is 8.94 Å². The van der Waals surface area contributed by atoms with E-state index in [9.17, 15) is 0 Å². The van der Waals surface area contributed by atoms with Gasteiger partial charge < -0.3 is 19.6 Å². The molecule has 0 aliphatic carbocycles. The van der Waals surface area contributed by atoms with E-state index in [0.717, 1.165) is 37.0 Å². The molecule has 3 rings (SSSR count). The monoisotopic (exact) mass is 459 g/mol. The van der Waals surface area contributed by atoms with Gasteiger partial charge in [0.2, 0.25) is 0 Å². The average molecular weight is 459 g/mol. The van der Waals surface area contributed by atoms with Gasteiger partial charge in [-0.3, -0.25) is 9.89 Å². The predicted octanol–water partition coefficient (Wildman–Crippen LogP) is 2.78. The molecule has 1 fully saturated rings. The van der Waals surface area contributed by atoms with Crippen molar-refractivity contribution >= 4 is 29.9 Å². The molecule has 1 unspecified atom stereocenters. The lowest BCUT2D eigenvalue weighted by atomic mass is 10.1. The summed E-state index contributed by atoms with van der Waals surface area (Å²) < 4.78 is 10.5. The van der Waals surface area contributed by atoms with Crippen LogP contribution in [0.3, 0.4) is 0 Å². The van der Waals surface area contributed by atoms with Crippen LogP contribution in [0.15, 0.2) is 44.7 Å². The molecule has 138 valence electrons. The molecular weight excluding hydrogens is 433 g/mol. The highest BCUT2D eigenvalue weighted by molar-refractivity contribution is 14.0. The lowest BCUT2D eigenvalue weighted by Crippen LogP contribution is -2.44. The third-order valence-electron chi connectivity index (χ3n) is 4.32. The van der Waals surface area contributed by atoms with Gasteiger partial charge >= 0.3 is 0 Å². The molecule has 0 radical (unpaired) electrons. The van der Waals surface area contributed by atoms with Crippen molar-refractivity contribution in [3.8, 4) is 0 Å². The van der Waals surface area contributed by atoms with Gasteiger partial charge in [0.15, 0.2) is 5.96 Å². The lowest BCUT2D eigenvalue weighted by Gasteiger charge is -2.33. The maximum Gasteiger partial charge on any atom is 0.191 e. The number of nitrogens with zero attached hydrogens (tertiary/aromatic N) is 3. The SMILES string of the molecule is CN=C(NCc1ccon1)NCC(c1ccco1)N1CCCCC1.I. The Bertz CT molecular complexity index is 609. The van der Waals surface area contributed by atoms with Gasteiger partial charge in [0.25, 0.3) is 0 Å². The molecule has 25 heavy (non-hydrogen) atoms.